The Labute approximate surface area is 102 Å². The minimum absolute atomic E-state index is 0.123. The maximum Gasteiger partial charge on any atom is 0.233 e. The number of imidazole rings is 1. The van der Waals surface area contributed by atoms with E-state index in [9.17, 15) is 4.79 Å². The first-order valence-electron chi connectivity index (χ1n) is 5.70. The van der Waals surface area contributed by atoms with Crippen molar-refractivity contribution in [3.8, 4) is 0 Å². The first-order valence-corrected chi connectivity index (χ1v) is 5.70. The normalized spacial score (nSPS) is 12.8. The Hall–Kier alpha value is -1.40. The predicted molar refractivity (Wildman–Crippen MR) is 65.7 cm³/mol. The summed E-state index contributed by atoms with van der Waals surface area (Å²) in [5.41, 5.74) is 2.14. The molecule has 6 nitrogen and oxygen atoms in total. The molecule has 0 spiro atoms. The number of rotatable bonds is 6. The van der Waals surface area contributed by atoms with Crippen molar-refractivity contribution in [2.45, 2.75) is 32.4 Å². The van der Waals surface area contributed by atoms with Gasteiger partial charge in [0.15, 0.2) is 0 Å². The molecular weight excluding hydrogens is 218 g/mol. The van der Waals surface area contributed by atoms with Crippen LogP contribution in [0.3, 0.4) is 0 Å². The van der Waals surface area contributed by atoms with E-state index in [1.54, 1.807) is 6.20 Å². The van der Waals surface area contributed by atoms with E-state index in [0.29, 0.717) is 12.5 Å². The third-order valence-corrected chi connectivity index (χ3v) is 3.01. The zero-order valence-corrected chi connectivity index (χ0v) is 10.7. The molecule has 0 radical (unpaired) electrons. The smallest absolute Gasteiger partial charge is 0.233 e. The van der Waals surface area contributed by atoms with Crippen molar-refractivity contribution in [1.29, 1.82) is 0 Å². The van der Waals surface area contributed by atoms with Gasteiger partial charge in [0.1, 0.15) is 5.82 Å². The third-order valence-electron chi connectivity index (χ3n) is 3.01. The largest absolute Gasteiger partial charge is 0.337 e. The van der Waals surface area contributed by atoms with Crippen LogP contribution in [0.1, 0.15) is 25.6 Å². The van der Waals surface area contributed by atoms with E-state index >= 15 is 0 Å². The molecule has 1 aromatic rings. The number of hydrazine groups is 1. The van der Waals surface area contributed by atoms with Gasteiger partial charge in [-0.25, -0.2) is 10.8 Å². The third kappa shape index (κ3) is 4.16. The molecule has 0 saturated heterocycles. The molecule has 96 valence electrons. The minimum atomic E-state index is -0.123. The summed E-state index contributed by atoms with van der Waals surface area (Å²) in [5.74, 6) is 5.93. The van der Waals surface area contributed by atoms with Gasteiger partial charge >= 0.3 is 0 Å². The van der Waals surface area contributed by atoms with Gasteiger partial charge in [-0.05, 0) is 20.4 Å². The summed E-state index contributed by atoms with van der Waals surface area (Å²) in [7, 11) is 4.00. The Kier molecular flexibility index (Phi) is 5.11. The molecule has 1 heterocycles. The Morgan fingerprint density at radius 3 is 2.94 bits per heavy atom. The molecule has 17 heavy (non-hydrogen) atoms. The summed E-state index contributed by atoms with van der Waals surface area (Å²) in [5, 5.41) is 0. The molecule has 0 aromatic carbocycles. The number of nitrogens with zero attached hydrogens (tertiary/aromatic N) is 3. The number of carbonyl (C=O) groups is 1. The van der Waals surface area contributed by atoms with Crippen LogP contribution in [0.2, 0.25) is 0 Å². The summed E-state index contributed by atoms with van der Waals surface area (Å²) in [6.45, 7) is 2.86. The lowest BCUT2D eigenvalue weighted by molar-refractivity contribution is -0.121. The Bertz CT molecular complexity index is 362. The lowest BCUT2D eigenvalue weighted by Gasteiger charge is -2.24. The van der Waals surface area contributed by atoms with Crippen molar-refractivity contribution in [3.63, 3.8) is 0 Å². The number of amides is 1. The number of carbonyl (C=O) groups excluding carboxylic acids is 1. The maximum absolute atomic E-state index is 11.0. The molecule has 3 N–H and O–H groups in total. The van der Waals surface area contributed by atoms with Crippen LogP contribution < -0.4 is 11.3 Å². The average Bonchev–Trinajstić information content (AvgIpc) is 2.71. The second-order valence-corrected chi connectivity index (χ2v) is 4.32. The molecule has 6 heteroatoms. The fourth-order valence-electron chi connectivity index (χ4n) is 1.56. The Morgan fingerprint density at radius 2 is 2.41 bits per heavy atom. The first kappa shape index (κ1) is 13.7. The second-order valence-electron chi connectivity index (χ2n) is 4.32. The molecule has 0 saturated carbocycles. The highest BCUT2D eigenvalue weighted by molar-refractivity contribution is 5.75. The average molecular weight is 239 g/mol. The topological polar surface area (TPSA) is 76.2 Å². The Balaban J connectivity index is 2.39. The maximum atomic E-state index is 11.0. The van der Waals surface area contributed by atoms with E-state index < -0.39 is 0 Å². The highest BCUT2D eigenvalue weighted by atomic mass is 16.2. The lowest BCUT2D eigenvalue weighted by atomic mass is 10.1. The van der Waals surface area contributed by atoms with Gasteiger partial charge in [0, 0.05) is 31.9 Å². The molecule has 0 aliphatic rings. The van der Waals surface area contributed by atoms with Gasteiger partial charge in [-0.2, -0.15) is 0 Å². The van der Waals surface area contributed by atoms with Crippen molar-refractivity contribution in [1.82, 2.24) is 19.9 Å². The van der Waals surface area contributed by atoms with Gasteiger partial charge in [0.05, 0.1) is 6.54 Å². The number of nitrogens with two attached hydrogens (primary N) is 1. The fourth-order valence-corrected chi connectivity index (χ4v) is 1.56. The number of hydrogen-bond acceptors (Lipinski definition) is 4. The van der Waals surface area contributed by atoms with Crippen LogP contribution in [-0.4, -0.2) is 33.4 Å². The van der Waals surface area contributed by atoms with Crippen molar-refractivity contribution in [2.24, 2.45) is 12.9 Å². The highest BCUT2D eigenvalue weighted by Gasteiger charge is 2.13. The van der Waals surface area contributed by atoms with E-state index in [4.69, 9.17) is 5.84 Å². The van der Waals surface area contributed by atoms with Crippen LogP contribution in [0.25, 0.3) is 0 Å². The van der Waals surface area contributed by atoms with Gasteiger partial charge in [-0.15, -0.1) is 0 Å². The van der Waals surface area contributed by atoms with Crippen molar-refractivity contribution in [2.75, 3.05) is 7.05 Å². The highest BCUT2D eigenvalue weighted by Crippen LogP contribution is 2.08. The van der Waals surface area contributed by atoms with Crippen LogP contribution in [0.5, 0.6) is 0 Å². The minimum Gasteiger partial charge on any atom is -0.337 e. The van der Waals surface area contributed by atoms with Crippen LogP contribution in [0.15, 0.2) is 12.4 Å². The number of nitrogens with one attached hydrogen (secondary N) is 1. The van der Waals surface area contributed by atoms with Crippen LogP contribution >= 0.6 is 0 Å². The molecule has 0 aliphatic heterocycles. The molecule has 0 aliphatic carbocycles. The van der Waals surface area contributed by atoms with Crippen LogP contribution in [0.4, 0.5) is 0 Å². The van der Waals surface area contributed by atoms with Gasteiger partial charge < -0.3 is 4.57 Å². The zero-order valence-electron chi connectivity index (χ0n) is 10.7. The van der Waals surface area contributed by atoms with Crippen molar-refractivity contribution in [3.05, 3.63) is 18.2 Å². The fraction of sp³-hybridized carbons (Fsp3) is 0.636. The molecule has 1 amide bonds. The quantitative estimate of drug-likeness (QED) is 0.416. The lowest BCUT2D eigenvalue weighted by Crippen LogP contribution is -2.34. The van der Waals surface area contributed by atoms with Gasteiger partial charge in [0.25, 0.3) is 0 Å². The van der Waals surface area contributed by atoms with Crippen molar-refractivity contribution >= 4 is 5.91 Å². The van der Waals surface area contributed by atoms with Gasteiger partial charge in [-0.1, -0.05) is 0 Å². The Morgan fingerprint density at radius 1 is 1.71 bits per heavy atom. The van der Waals surface area contributed by atoms with Crippen LogP contribution in [0, 0.1) is 0 Å². The molecule has 1 unspecified atom stereocenters. The second kappa shape index (κ2) is 6.36. The molecule has 1 rings (SSSR count). The number of aromatic nitrogens is 2. The summed E-state index contributed by atoms with van der Waals surface area (Å²) in [6, 6.07) is 0.309. The van der Waals surface area contributed by atoms with Gasteiger partial charge in [0.2, 0.25) is 5.91 Å². The molecule has 1 atom stereocenters. The monoisotopic (exact) mass is 239 g/mol. The summed E-state index contributed by atoms with van der Waals surface area (Å²) in [6.07, 6.45) is 4.94. The van der Waals surface area contributed by atoms with E-state index in [1.165, 1.54) is 0 Å². The summed E-state index contributed by atoms with van der Waals surface area (Å²) >= 11 is 0. The van der Waals surface area contributed by atoms with Crippen molar-refractivity contribution < 1.29 is 4.79 Å². The summed E-state index contributed by atoms with van der Waals surface area (Å²) < 4.78 is 2.00. The zero-order chi connectivity index (χ0) is 12.8. The predicted octanol–water partition coefficient (Wildman–Crippen LogP) is 0.0105. The molecule has 0 bridgehead atoms. The van der Waals surface area contributed by atoms with E-state index in [-0.39, 0.29) is 5.91 Å². The number of hydrogen-bond donors (Lipinski definition) is 2. The molecular formula is C11H21N5O. The van der Waals surface area contributed by atoms with Crippen LogP contribution in [-0.2, 0) is 18.4 Å². The summed E-state index contributed by atoms with van der Waals surface area (Å²) in [4.78, 5) is 17.5. The first-order chi connectivity index (χ1) is 8.04. The molecule has 1 aromatic heterocycles. The molecule has 0 fully saturated rings. The van der Waals surface area contributed by atoms with E-state index in [2.05, 4.69) is 22.2 Å². The standard InChI is InChI=1S/C11H21N5O/c1-9(4-5-11(17)14-12)16(3)8-10-13-6-7-15(10)2/h6-7,9H,4-5,8,12H2,1-3H3,(H,14,17). The SMILES string of the molecule is CC(CCC(=O)NN)N(C)Cc1nccn1C. The number of aryl methyl sites for hydroxylation is 1. The van der Waals surface area contributed by atoms with E-state index in [1.807, 2.05) is 24.9 Å². The van der Waals surface area contributed by atoms with Gasteiger partial charge in [-0.3, -0.25) is 15.1 Å². The van der Waals surface area contributed by atoms with E-state index in [0.717, 1.165) is 18.8 Å².